The molecule has 3 aromatic carbocycles. The average Bonchev–Trinajstić information content (AvgIpc) is 3.69. The van der Waals surface area contributed by atoms with Gasteiger partial charge in [0.2, 0.25) is 0 Å². The summed E-state index contributed by atoms with van der Waals surface area (Å²) in [6, 6.07) is 28.6. The molecule has 184 valence electrons. The quantitative estimate of drug-likeness (QED) is 0.208. The number of thioether (sulfide) groups is 1. The van der Waals surface area contributed by atoms with Crippen LogP contribution < -0.4 is 10.3 Å². The molecule has 0 unspecified atom stereocenters. The number of fused-ring (bicyclic) bond motifs is 1. The third-order valence-electron chi connectivity index (χ3n) is 5.58. The molecule has 6 rings (SSSR count). The van der Waals surface area contributed by atoms with Crippen LogP contribution in [-0.4, -0.2) is 15.9 Å². The number of hydrazone groups is 1. The normalized spacial score (nSPS) is 14.3. The van der Waals surface area contributed by atoms with E-state index in [1.807, 2.05) is 78.2 Å². The van der Waals surface area contributed by atoms with E-state index in [0.717, 1.165) is 32.9 Å². The number of anilines is 2. The molecule has 0 fully saturated rings. The maximum Gasteiger partial charge on any atom is 0.283 e. The van der Waals surface area contributed by atoms with Gasteiger partial charge in [-0.05, 0) is 60.3 Å². The van der Waals surface area contributed by atoms with Gasteiger partial charge in [0.15, 0.2) is 10.8 Å². The van der Waals surface area contributed by atoms with Crippen LogP contribution in [0.4, 0.5) is 11.4 Å². The van der Waals surface area contributed by atoms with Gasteiger partial charge in [-0.15, -0.1) is 11.3 Å². The predicted octanol–water partition coefficient (Wildman–Crippen LogP) is 7.72. The van der Waals surface area contributed by atoms with Gasteiger partial charge in [-0.25, -0.2) is 9.99 Å². The number of nitriles is 1. The second-order valence-corrected chi connectivity index (χ2v) is 10.8. The monoisotopic (exact) mass is 597 g/mol. The van der Waals surface area contributed by atoms with Crippen molar-refractivity contribution in [2.75, 3.05) is 10.3 Å². The van der Waals surface area contributed by atoms with E-state index in [9.17, 15) is 10.1 Å². The number of thiazole rings is 1. The van der Waals surface area contributed by atoms with Gasteiger partial charge in [0.05, 0.1) is 5.69 Å². The van der Waals surface area contributed by atoms with Crippen LogP contribution in [0, 0.1) is 11.3 Å². The Morgan fingerprint density at radius 1 is 1.03 bits per heavy atom. The first-order valence-electron chi connectivity index (χ1n) is 11.4. The smallest absolute Gasteiger partial charge is 0.283 e. The number of carbonyl (C=O) groups is 1. The summed E-state index contributed by atoms with van der Waals surface area (Å²) in [6.07, 6.45) is 0. The first kappa shape index (κ1) is 24.2. The van der Waals surface area contributed by atoms with E-state index < -0.39 is 0 Å². The first-order valence-corrected chi connectivity index (χ1v) is 13.9. The van der Waals surface area contributed by atoms with Crippen LogP contribution in [0.25, 0.3) is 28.0 Å². The van der Waals surface area contributed by atoms with E-state index in [0.29, 0.717) is 32.8 Å². The number of hydrogen-bond acceptors (Lipinski definition) is 8. The lowest BCUT2D eigenvalue weighted by atomic mass is 10.2. The molecule has 1 N–H and O–H groups in total. The minimum Gasteiger partial charge on any atom is -0.454 e. The van der Waals surface area contributed by atoms with Crippen molar-refractivity contribution in [1.82, 2.24) is 4.98 Å². The molecule has 5 aromatic rings. The molecule has 0 spiro atoms. The van der Waals surface area contributed by atoms with Crippen molar-refractivity contribution in [3.05, 3.63) is 105 Å². The summed E-state index contributed by atoms with van der Waals surface area (Å²) >= 11 is 5.95. The summed E-state index contributed by atoms with van der Waals surface area (Å²) in [5, 5.41) is 23.3. The number of rotatable bonds is 5. The number of halogens is 1. The third-order valence-corrected chi connectivity index (χ3v) is 7.96. The zero-order valence-corrected chi connectivity index (χ0v) is 22.7. The van der Waals surface area contributed by atoms with Crippen molar-refractivity contribution in [3.8, 4) is 17.5 Å². The Morgan fingerprint density at radius 3 is 2.55 bits per heavy atom. The van der Waals surface area contributed by atoms with Crippen LogP contribution in [0.15, 0.2) is 109 Å². The largest absolute Gasteiger partial charge is 0.454 e. The lowest BCUT2D eigenvalue weighted by Crippen LogP contribution is -2.19. The Hall–Kier alpha value is -4.17. The molecule has 1 aliphatic rings. The summed E-state index contributed by atoms with van der Waals surface area (Å²) in [5.74, 6) is 0.253. The molecule has 0 saturated carbocycles. The molecule has 2 aromatic heterocycles. The minimum absolute atomic E-state index is 0.222. The Kier molecular flexibility index (Phi) is 6.55. The minimum atomic E-state index is -0.359. The van der Waals surface area contributed by atoms with Crippen molar-refractivity contribution in [2.45, 2.75) is 0 Å². The highest BCUT2D eigenvalue weighted by Crippen LogP contribution is 2.41. The Bertz CT molecular complexity index is 1770. The van der Waals surface area contributed by atoms with Crippen molar-refractivity contribution >= 4 is 77.9 Å². The lowest BCUT2D eigenvalue weighted by molar-refractivity contribution is -0.110. The van der Waals surface area contributed by atoms with Gasteiger partial charge in [-0.1, -0.05) is 52.3 Å². The zero-order chi connectivity index (χ0) is 26.1. The standard InChI is InChI=1S/C28H16BrN5O2S2/c29-18-11-12-23-17(13-18)14-24(36-23)22-16-37-26(32-22)21(15-30)28-34(20-9-5-2-6-10-20)33-27(38-28)25(35)31-19-7-3-1-4-8-19/h1-14,16H,(H,31,35)/b28-21+. The summed E-state index contributed by atoms with van der Waals surface area (Å²) < 4.78 is 6.95. The highest BCUT2D eigenvalue weighted by molar-refractivity contribution is 9.10. The van der Waals surface area contributed by atoms with E-state index in [1.54, 1.807) is 17.1 Å². The van der Waals surface area contributed by atoms with E-state index >= 15 is 0 Å². The van der Waals surface area contributed by atoms with Gasteiger partial charge >= 0.3 is 0 Å². The number of benzene rings is 3. The lowest BCUT2D eigenvalue weighted by Gasteiger charge is -2.16. The van der Waals surface area contributed by atoms with Crippen LogP contribution in [0.3, 0.4) is 0 Å². The number of carbonyl (C=O) groups excluding carboxylic acids is 1. The molecule has 38 heavy (non-hydrogen) atoms. The van der Waals surface area contributed by atoms with Crippen LogP contribution in [0.5, 0.6) is 0 Å². The summed E-state index contributed by atoms with van der Waals surface area (Å²) in [6.45, 7) is 0. The van der Waals surface area contributed by atoms with Crippen molar-refractivity contribution < 1.29 is 9.21 Å². The fourth-order valence-corrected chi connectivity index (χ4v) is 5.99. The number of nitrogens with zero attached hydrogens (tertiary/aromatic N) is 4. The van der Waals surface area contributed by atoms with Crippen LogP contribution >= 0.6 is 39.0 Å². The van der Waals surface area contributed by atoms with E-state index in [2.05, 4.69) is 32.4 Å². The molecule has 1 aliphatic heterocycles. The topological polar surface area (TPSA) is 94.5 Å². The first-order chi connectivity index (χ1) is 18.6. The molecule has 3 heterocycles. The van der Waals surface area contributed by atoms with Gasteiger partial charge in [-0.3, -0.25) is 4.79 Å². The Balaban J connectivity index is 1.37. The van der Waals surface area contributed by atoms with E-state index in [1.165, 1.54) is 11.3 Å². The van der Waals surface area contributed by atoms with Gasteiger partial charge in [0.1, 0.15) is 33.0 Å². The van der Waals surface area contributed by atoms with Crippen molar-refractivity contribution in [3.63, 3.8) is 0 Å². The molecule has 0 atom stereocenters. The number of aromatic nitrogens is 1. The number of furan rings is 1. The Morgan fingerprint density at radius 2 is 1.79 bits per heavy atom. The molecule has 0 radical (unpaired) electrons. The second-order valence-electron chi connectivity index (χ2n) is 8.10. The SMILES string of the molecule is N#C/C(=C1\SC(C(=O)Nc2ccccc2)=NN1c1ccccc1)c1nc(-c2cc3cc(Br)ccc3o2)cs1. The molecule has 7 nitrogen and oxygen atoms in total. The van der Waals surface area contributed by atoms with Gasteiger partial charge in [-0.2, -0.15) is 10.4 Å². The Labute approximate surface area is 234 Å². The fourth-order valence-electron chi connectivity index (χ4n) is 3.82. The van der Waals surface area contributed by atoms with E-state index in [4.69, 9.17) is 9.40 Å². The molecule has 0 saturated heterocycles. The third kappa shape index (κ3) is 4.75. The van der Waals surface area contributed by atoms with Gasteiger partial charge in [0.25, 0.3) is 5.91 Å². The number of hydrogen-bond donors (Lipinski definition) is 1. The predicted molar refractivity (Wildman–Crippen MR) is 157 cm³/mol. The highest BCUT2D eigenvalue weighted by Gasteiger charge is 2.32. The maximum absolute atomic E-state index is 13.1. The second kappa shape index (κ2) is 10.3. The van der Waals surface area contributed by atoms with Crippen molar-refractivity contribution in [2.24, 2.45) is 5.10 Å². The van der Waals surface area contributed by atoms with E-state index in [-0.39, 0.29) is 11.0 Å². The average molecular weight is 599 g/mol. The fraction of sp³-hybridized carbons (Fsp3) is 0. The van der Waals surface area contributed by atoms with Gasteiger partial charge < -0.3 is 9.73 Å². The summed E-state index contributed by atoms with van der Waals surface area (Å²) in [7, 11) is 0. The number of allylic oxidation sites excluding steroid dienone is 1. The molecular formula is C28H16BrN5O2S2. The summed E-state index contributed by atoms with van der Waals surface area (Å²) in [5.41, 5.74) is 3.08. The molecular weight excluding hydrogens is 582 g/mol. The number of nitrogens with one attached hydrogen (secondary N) is 1. The molecule has 0 bridgehead atoms. The van der Waals surface area contributed by atoms with Crippen LogP contribution in [0.2, 0.25) is 0 Å². The molecule has 0 aliphatic carbocycles. The van der Waals surface area contributed by atoms with Gasteiger partial charge in [0, 0.05) is 20.9 Å². The molecule has 1 amide bonds. The van der Waals surface area contributed by atoms with Crippen LogP contribution in [0.1, 0.15) is 5.01 Å². The number of amides is 1. The van der Waals surface area contributed by atoms with Crippen LogP contribution in [-0.2, 0) is 4.79 Å². The summed E-state index contributed by atoms with van der Waals surface area (Å²) in [4.78, 5) is 17.8. The maximum atomic E-state index is 13.1. The molecule has 10 heteroatoms. The number of para-hydroxylation sites is 2. The highest BCUT2D eigenvalue weighted by atomic mass is 79.9. The van der Waals surface area contributed by atoms with Crippen molar-refractivity contribution in [1.29, 1.82) is 5.26 Å². The zero-order valence-electron chi connectivity index (χ0n) is 19.5.